The summed E-state index contributed by atoms with van der Waals surface area (Å²) < 4.78 is 1.25. The Morgan fingerprint density at radius 3 is 2.67 bits per heavy atom. The molecule has 1 saturated heterocycles. The first kappa shape index (κ1) is 15.3. The van der Waals surface area contributed by atoms with Crippen LogP contribution >= 0.6 is 34.2 Å². The maximum absolute atomic E-state index is 6.39. The van der Waals surface area contributed by atoms with Gasteiger partial charge in [-0.3, -0.25) is 4.90 Å². The number of rotatable bonds is 3. The zero-order valence-electron chi connectivity index (χ0n) is 11.7. The number of hydrogen-bond donors (Lipinski definition) is 1. The summed E-state index contributed by atoms with van der Waals surface area (Å²) in [6.07, 6.45) is 0. The van der Waals surface area contributed by atoms with Crippen molar-refractivity contribution in [1.29, 1.82) is 0 Å². The Morgan fingerprint density at radius 2 is 1.90 bits per heavy atom. The largest absolute Gasteiger partial charge is 0.326 e. The highest BCUT2D eigenvalue weighted by Gasteiger charge is 2.32. The molecule has 2 unspecified atom stereocenters. The Hall–Kier alpha value is -0.620. The van der Waals surface area contributed by atoms with Gasteiger partial charge in [0.1, 0.15) is 0 Å². The van der Waals surface area contributed by atoms with Gasteiger partial charge in [-0.15, -0.1) is 0 Å². The predicted octanol–water partition coefficient (Wildman–Crippen LogP) is 3.87. The minimum atomic E-state index is 0.167. The standard InChI is InChI=1S/C17H18ClIN2/c18-13-6-7-16(19)14(8-13)15-10-21(11-17(15)20)9-12-4-2-1-3-5-12/h1-8,15,17H,9-11,20H2. The van der Waals surface area contributed by atoms with Gasteiger partial charge in [-0.2, -0.15) is 0 Å². The number of benzene rings is 2. The van der Waals surface area contributed by atoms with E-state index >= 15 is 0 Å². The second-order valence-corrected chi connectivity index (χ2v) is 7.21. The van der Waals surface area contributed by atoms with Crippen LogP contribution in [-0.4, -0.2) is 24.0 Å². The fourth-order valence-corrected chi connectivity index (χ4v) is 3.93. The summed E-state index contributed by atoms with van der Waals surface area (Å²) in [5, 5.41) is 0.791. The van der Waals surface area contributed by atoms with Gasteiger partial charge in [0.2, 0.25) is 0 Å². The van der Waals surface area contributed by atoms with Gasteiger partial charge in [0.15, 0.2) is 0 Å². The monoisotopic (exact) mass is 412 g/mol. The van der Waals surface area contributed by atoms with E-state index in [2.05, 4.69) is 70.0 Å². The van der Waals surface area contributed by atoms with Gasteiger partial charge in [0.05, 0.1) is 0 Å². The Balaban J connectivity index is 1.75. The van der Waals surface area contributed by atoms with Gasteiger partial charge in [-0.25, -0.2) is 0 Å². The lowest BCUT2D eigenvalue weighted by Gasteiger charge is -2.17. The normalized spacial score (nSPS) is 22.6. The van der Waals surface area contributed by atoms with E-state index in [-0.39, 0.29) is 6.04 Å². The first-order valence-corrected chi connectivity index (χ1v) is 8.56. The molecular formula is C17H18ClIN2. The van der Waals surface area contributed by atoms with Crippen LogP contribution in [0.25, 0.3) is 0 Å². The quantitative estimate of drug-likeness (QED) is 0.776. The molecule has 0 spiro atoms. The van der Waals surface area contributed by atoms with Crippen molar-refractivity contribution in [3.63, 3.8) is 0 Å². The van der Waals surface area contributed by atoms with E-state index in [9.17, 15) is 0 Å². The maximum atomic E-state index is 6.39. The minimum Gasteiger partial charge on any atom is -0.326 e. The lowest BCUT2D eigenvalue weighted by molar-refractivity contribution is 0.324. The molecule has 0 amide bonds. The molecule has 0 radical (unpaired) electrons. The minimum absolute atomic E-state index is 0.167. The van der Waals surface area contributed by atoms with Crippen molar-refractivity contribution in [2.24, 2.45) is 5.73 Å². The molecule has 21 heavy (non-hydrogen) atoms. The van der Waals surface area contributed by atoms with Gasteiger partial charge in [-0.05, 0) is 51.9 Å². The van der Waals surface area contributed by atoms with Gasteiger partial charge < -0.3 is 5.73 Å². The summed E-state index contributed by atoms with van der Waals surface area (Å²) >= 11 is 8.53. The molecule has 2 aromatic carbocycles. The maximum Gasteiger partial charge on any atom is 0.0409 e. The van der Waals surface area contributed by atoms with Crippen molar-refractivity contribution in [3.05, 3.63) is 68.3 Å². The zero-order chi connectivity index (χ0) is 14.8. The molecule has 2 nitrogen and oxygen atoms in total. The van der Waals surface area contributed by atoms with Crippen molar-refractivity contribution >= 4 is 34.2 Å². The van der Waals surface area contributed by atoms with Gasteiger partial charge >= 0.3 is 0 Å². The third-order valence-corrected chi connectivity index (χ3v) is 5.26. The fraction of sp³-hybridized carbons (Fsp3) is 0.294. The Morgan fingerprint density at radius 1 is 1.14 bits per heavy atom. The van der Waals surface area contributed by atoms with Crippen molar-refractivity contribution < 1.29 is 0 Å². The van der Waals surface area contributed by atoms with E-state index in [1.165, 1.54) is 14.7 Å². The molecule has 1 fully saturated rings. The first-order valence-electron chi connectivity index (χ1n) is 7.10. The number of nitrogens with two attached hydrogens (primary N) is 1. The topological polar surface area (TPSA) is 29.3 Å². The smallest absolute Gasteiger partial charge is 0.0409 e. The van der Waals surface area contributed by atoms with E-state index < -0.39 is 0 Å². The van der Waals surface area contributed by atoms with Gasteiger partial charge in [-0.1, -0.05) is 41.9 Å². The average molecular weight is 413 g/mol. The molecule has 3 rings (SSSR count). The molecule has 0 aliphatic carbocycles. The Bertz CT molecular complexity index is 617. The van der Waals surface area contributed by atoms with Crippen molar-refractivity contribution in [1.82, 2.24) is 4.90 Å². The Kier molecular flexibility index (Phi) is 4.84. The molecule has 110 valence electrons. The highest BCUT2D eigenvalue weighted by Crippen LogP contribution is 2.32. The molecule has 2 atom stereocenters. The molecule has 2 N–H and O–H groups in total. The summed E-state index contributed by atoms with van der Waals surface area (Å²) in [5.41, 5.74) is 9.01. The van der Waals surface area contributed by atoms with Crippen LogP contribution in [0.15, 0.2) is 48.5 Å². The van der Waals surface area contributed by atoms with Gasteiger partial charge in [0, 0.05) is 40.2 Å². The van der Waals surface area contributed by atoms with Gasteiger partial charge in [0.25, 0.3) is 0 Å². The number of halogens is 2. The summed E-state index contributed by atoms with van der Waals surface area (Å²) in [6.45, 7) is 2.89. The van der Waals surface area contributed by atoms with Crippen molar-refractivity contribution in [3.8, 4) is 0 Å². The van der Waals surface area contributed by atoms with E-state index in [4.69, 9.17) is 17.3 Å². The van der Waals surface area contributed by atoms with Crippen LogP contribution in [0.5, 0.6) is 0 Å². The first-order chi connectivity index (χ1) is 10.1. The molecule has 1 aliphatic rings. The van der Waals surface area contributed by atoms with E-state index in [1.54, 1.807) is 0 Å². The molecule has 2 aromatic rings. The molecule has 0 saturated carbocycles. The molecule has 1 aliphatic heterocycles. The zero-order valence-corrected chi connectivity index (χ0v) is 14.6. The summed E-state index contributed by atoms with van der Waals surface area (Å²) in [6, 6.07) is 16.8. The average Bonchev–Trinajstić information content (AvgIpc) is 2.83. The predicted molar refractivity (Wildman–Crippen MR) is 96.6 cm³/mol. The third kappa shape index (κ3) is 3.59. The second-order valence-electron chi connectivity index (χ2n) is 5.62. The van der Waals surface area contributed by atoms with Crippen LogP contribution in [-0.2, 0) is 6.54 Å². The number of nitrogens with zero attached hydrogens (tertiary/aromatic N) is 1. The number of likely N-dealkylation sites (tertiary alicyclic amines) is 1. The molecule has 0 aromatic heterocycles. The Labute approximate surface area is 144 Å². The molecule has 0 bridgehead atoms. The third-order valence-electron chi connectivity index (χ3n) is 4.05. The van der Waals surface area contributed by atoms with E-state index in [0.717, 1.165) is 24.7 Å². The van der Waals surface area contributed by atoms with Crippen LogP contribution < -0.4 is 5.73 Å². The lowest BCUT2D eigenvalue weighted by Crippen LogP contribution is -2.28. The summed E-state index contributed by atoms with van der Waals surface area (Å²) in [5.74, 6) is 0.360. The SMILES string of the molecule is NC1CN(Cc2ccccc2)CC1c1cc(Cl)ccc1I. The molecule has 4 heteroatoms. The van der Waals surface area contributed by atoms with Crippen molar-refractivity contribution in [2.75, 3.05) is 13.1 Å². The van der Waals surface area contributed by atoms with Crippen LogP contribution in [0.3, 0.4) is 0 Å². The summed E-state index contributed by atoms with van der Waals surface area (Å²) in [7, 11) is 0. The van der Waals surface area contributed by atoms with E-state index in [0.29, 0.717) is 5.92 Å². The van der Waals surface area contributed by atoms with Crippen LogP contribution in [0.4, 0.5) is 0 Å². The van der Waals surface area contributed by atoms with Crippen LogP contribution in [0.2, 0.25) is 5.02 Å². The van der Waals surface area contributed by atoms with E-state index in [1.807, 2.05) is 6.07 Å². The van der Waals surface area contributed by atoms with Crippen LogP contribution in [0.1, 0.15) is 17.0 Å². The second kappa shape index (κ2) is 6.65. The summed E-state index contributed by atoms with van der Waals surface area (Å²) in [4.78, 5) is 2.43. The highest BCUT2D eigenvalue weighted by molar-refractivity contribution is 14.1. The number of hydrogen-bond acceptors (Lipinski definition) is 2. The fourth-order valence-electron chi connectivity index (χ4n) is 3.01. The van der Waals surface area contributed by atoms with Crippen molar-refractivity contribution in [2.45, 2.75) is 18.5 Å². The molecular weight excluding hydrogens is 395 g/mol. The highest BCUT2D eigenvalue weighted by atomic mass is 127. The van der Waals surface area contributed by atoms with Crippen LogP contribution in [0, 0.1) is 3.57 Å². The molecule has 1 heterocycles. The lowest BCUT2D eigenvalue weighted by atomic mass is 9.95.